The Kier molecular flexibility index (Phi) is 4.47. The minimum atomic E-state index is -1.25. The molecule has 0 aromatic rings. The van der Waals surface area contributed by atoms with Crippen LogP contribution in [0.4, 0.5) is 0 Å². The third-order valence-electron chi connectivity index (χ3n) is 3.17. The van der Waals surface area contributed by atoms with E-state index in [1.54, 1.807) is 20.8 Å². The lowest BCUT2D eigenvalue weighted by atomic mass is 9.84. The number of hydrogen-bond donors (Lipinski definition) is 2. The largest absolute Gasteiger partial charge is 0.390 e. The molecule has 19 heavy (non-hydrogen) atoms. The Labute approximate surface area is 118 Å². The number of hydrogen-bond acceptors (Lipinski definition) is 5. The van der Waals surface area contributed by atoms with Crippen LogP contribution in [0.5, 0.6) is 0 Å². The molecule has 2 atom stereocenters. The van der Waals surface area contributed by atoms with Gasteiger partial charge in [-0.05, 0) is 34.1 Å². The summed E-state index contributed by atoms with van der Waals surface area (Å²) in [7, 11) is 0. The number of amides is 2. The molecule has 1 aliphatic rings. The van der Waals surface area contributed by atoms with Crippen LogP contribution in [0.15, 0.2) is 0 Å². The molecule has 0 aromatic heterocycles. The molecule has 0 saturated carbocycles. The molecule has 2 unspecified atom stereocenters. The average Bonchev–Trinajstić information content (AvgIpc) is 2.35. The maximum absolute atomic E-state index is 12.0. The molecule has 6 heteroatoms. The van der Waals surface area contributed by atoms with Crippen LogP contribution in [0, 0.1) is 0 Å². The zero-order valence-corrected chi connectivity index (χ0v) is 12.7. The first-order chi connectivity index (χ1) is 8.46. The van der Waals surface area contributed by atoms with Crippen molar-refractivity contribution in [1.82, 2.24) is 4.90 Å². The van der Waals surface area contributed by atoms with Crippen molar-refractivity contribution in [1.29, 1.82) is 0 Å². The molecule has 1 aliphatic heterocycles. The van der Waals surface area contributed by atoms with E-state index in [4.69, 9.17) is 0 Å². The summed E-state index contributed by atoms with van der Waals surface area (Å²) in [6.45, 7) is 6.36. The number of carbonyl (C=O) groups excluding carboxylic acids is 3. The number of Topliss-reactive ketones (excluding diaryl/α,β-unsaturated/α-hetero) is 1. The maximum atomic E-state index is 12.0. The lowest BCUT2D eigenvalue weighted by molar-refractivity contribution is -0.146. The highest BCUT2D eigenvalue weighted by atomic mass is 32.1. The van der Waals surface area contributed by atoms with Crippen molar-refractivity contribution in [2.24, 2.45) is 0 Å². The fourth-order valence-corrected chi connectivity index (χ4v) is 3.13. The topological polar surface area (TPSA) is 74.7 Å². The normalized spacial score (nSPS) is 23.7. The van der Waals surface area contributed by atoms with Gasteiger partial charge in [0.25, 0.3) is 0 Å². The summed E-state index contributed by atoms with van der Waals surface area (Å²) in [5.41, 5.74) is -2.09. The van der Waals surface area contributed by atoms with Gasteiger partial charge in [-0.2, -0.15) is 12.6 Å². The zero-order chi connectivity index (χ0) is 15.0. The van der Waals surface area contributed by atoms with Gasteiger partial charge in [-0.1, -0.05) is 0 Å². The molecule has 0 aromatic carbocycles. The molecule has 2 amide bonds. The van der Waals surface area contributed by atoms with Gasteiger partial charge < -0.3 is 5.11 Å². The van der Waals surface area contributed by atoms with Crippen molar-refractivity contribution >= 4 is 30.2 Å². The van der Waals surface area contributed by atoms with Crippen LogP contribution >= 0.6 is 12.6 Å². The summed E-state index contributed by atoms with van der Waals surface area (Å²) in [5, 5.41) is 9.62. The highest BCUT2D eigenvalue weighted by molar-refractivity contribution is 7.81. The maximum Gasteiger partial charge on any atom is 0.243 e. The molecule has 0 radical (unpaired) electrons. The number of aliphatic hydroxyl groups is 1. The first kappa shape index (κ1) is 16.2. The number of nitrogens with zero attached hydrogens (tertiary/aromatic N) is 1. The molecular weight excluding hydrogens is 266 g/mol. The van der Waals surface area contributed by atoms with Gasteiger partial charge in [-0.3, -0.25) is 19.3 Å². The van der Waals surface area contributed by atoms with Crippen molar-refractivity contribution in [3.63, 3.8) is 0 Å². The lowest BCUT2D eigenvalue weighted by Gasteiger charge is -2.39. The average molecular weight is 287 g/mol. The van der Waals surface area contributed by atoms with Gasteiger partial charge in [0.05, 0.1) is 10.9 Å². The number of rotatable bonds is 5. The molecule has 108 valence electrons. The molecule has 5 nitrogen and oxygen atoms in total. The van der Waals surface area contributed by atoms with Crippen molar-refractivity contribution in [2.45, 2.75) is 63.3 Å². The van der Waals surface area contributed by atoms with E-state index in [0.717, 1.165) is 0 Å². The Balaban J connectivity index is 2.89. The molecule has 1 heterocycles. The highest BCUT2D eigenvalue weighted by Crippen LogP contribution is 2.33. The second-order valence-corrected chi connectivity index (χ2v) is 6.78. The van der Waals surface area contributed by atoms with Crippen molar-refractivity contribution in [3.05, 3.63) is 0 Å². The van der Waals surface area contributed by atoms with Gasteiger partial charge >= 0.3 is 0 Å². The van der Waals surface area contributed by atoms with Gasteiger partial charge in [0.15, 0.2) is 0 Å². The minimum absolute atomic E-state index is 0.00302. The summed E-state index contributed by atoms with van der Waals surface area (Å²) in [6, 6.07) is 0. The molecule has 1 rings (SSSR count). The molecule has 0 aliphatic carbocycles. The van der Waals surface area contributed by atoms with E-state index < -0.39 is 16.4 Å². The van der Waals surface area contributed by atoms with Crippen LogP contribution in [0.1, 0.15) is 47.0 Å². The summed E-state index contributed by atoms with van der Waals surface area (Å²) in [4.78, 5) is 36.1. The molecule has 0 spiro atoms. The highest BCUT2D eigenvalue weighted by Gasteiger charge is 2.47. The van der Waals surface area contributed by atoms with Gasteiger partial charge in [0, 0.05) is 18.4 Å². The summed E-state index contributed by atoms with van der Waals surface area (Å²) in [5.74, 6) is -0.752. The van der Waals surface area contributed by atoms with Crippen LogP contribution < -0.4 is 0 Å². The van der Waals surface area contributed by atoms with Crippen molar-refractivity contribution < 1.29 is 19.5 Å². The predicted molar refractivity (Wildman–Crippen MR) is 73.9 cm³/mol. The third kappa shape index (κ3) is 3.79. The molecular formula is C13H21NO4S. The predicted octanol–water partition coefficient (Wildman–Crippen LogP) is 0.942. The number of carbonyl (C=O) groups is 3. The molecule has 0 bridgehead atoms. The van der Waals surface area contributed by atoms with Crippen LogP contribution in [0.3, 0.4) is 0 Å². The Morgan fingerprint density at radius 1 is 1.42 bits per heavy atom. The van der Waals surface area contributed by atoms with Gasteiger partial charge in [-0.15, -0.1) is 0 Å². The number of thiol groups is 1. The molecule has 1 fully saturated rings. The number of imide groups is 1. The lowest BCUT2D eigenvalue weighted by Crippen LogP contribution is -2.52. The fourth-order valence-electron chi connectivity index (χ4n) is 2.86. The van der Waals surface area contributed by atoms with Crippen molar-refractivity contribution in [3.8, 4) is 0 Å². The first-order valence-electron chi connectivity index (χ1n) is 6.23. The summed E-state index contributed by atoms with van der Waals surface area (Å²) < 4.78 is 0. The Hall–Kier alpha value is -0.880. The smallest absolute Gasteiger partial charge is 0.243 e. The van der Waals surface area contributed by atoms with Gasteiger partial charge in [-0.25, -0.2) is 0 Å². The van der Waals surface area contributed by atoms with Gasteiger partial charge in [0.1, 0.15) is 5.78 Å². The second-order valence-electron chi connectivity index (χ2n) is 6.15. The quantitative estimate of drug-likeness (QED) is 0.583. The molecule has 1 N–H and O–H groups in total. The third-order valence-corrected chi connectivity index (χ3v) is 3.57. The Morgan fingerprint density at radius 3 is 2.32 bits per heavy atom. The van der Waals surface area contributed by atoms with E-state index in [-0.39, 0.29) is 36.9 Å². The Bertz CT molecular complexity index is 417. The van der Waals surface area contributed by atoms with E-state index in [1.165, 1.54) is 11.8 Å². The van der Waals surface area contributed by atoms with E-state index in [9.17, 15) is 19.5 Å². The van der Waals surface area contributed by atoms with E-state index >= 15 is 0 Å². The minimum Gasteiger partial charge on any atom is -0.390 e. The monoisotopic (exact) mass is 287 g/mol. The first-order valence-corrected chi connectivity index (χ1v) is 6.75. The van der Waals surface area contributed by atoms with E-state index in [1.807, 2.05) is 0 Å². The van der Waals surface area contributed by atoms with Gasteiger partial charge in [0.2, 0.25) is 11.8 Å². The second kappa shape index (κ2) is 5.25. The number of ketones is 1. The van der Waals surface area contributed by atoms with Crippen LogP contribution in [-0.2, 0) is 14.4 Å². The molecule has 1 saturated heterocycles. The van der Waals surface area contributed by atoms with E-state index in [2.05, 4.69) is 12.6 Å². The zero-order valence-electron chi connectivity index (χ0n) is 11.8. The Morgan fingerprint density at radius 2 is 1.95 bits per heavy atom. The van der Waals surface area contributed by atoms with Crippen molar-refractivity contribution in [2.75, 3.05) is 0 Å². The number of likely N-dealkylation sites (tertiary alicyclic amines) is 1. The van der Waals surface area contributed by atoms with E-state index in [0.29, 0.717) is 0 Å². The summed E-state index contributed by atoms with van der Waals surface area (Å²) >= 11 is 4.08. The van der Waals surface area contributed by atoms with Crippen LogP contribution in [0.2, 0.25) is 0 Å². The standard InChI is InChI=1S/C13H21NO4S/c1-8(15)6-13(4,18)7-12(2,3)14-10(16)5-9(19)11(14)17/h9,18-19H,5-7H2,1-4H3. The fraction of sp³-hybridized carbons (Fsp3) is 0.769. The van der Waals surface area contributed by atoms with Crippen LogP contribution in [-0.4, -0.2) is 44.0 Å². The summed E-state index contributed by atoms with van der Waals surface area (Å²) in [6.07, 6.45) is 0.231. The van der Waals surface area contributed by atoms with Crippen LogP contribution in [0.25, 0.3) is 0 Å². The SMILES string of the molecule is CC(=O)CC(C)(O)CC(C)(C)N1C(=O)CC(S)C1=O.